The van der Waals surface area contributed by atoms with E-state index >= 15 is 0 Å². The molecule has 2 aliphatic rings. The third-order valence-corrected chi connectivity index (χ3v) is 19.4. The summed E-state index contributed by atoms with van der Waals surface area (Å²) in [7, 11) is -2.68. The van der Waals surface area contributed by atoms with Crippen molar-refractivity contribution in [3.63, 3.8) is 0 Å². The second kappa shape index (κ2) is 11.1. The maximum atomic E-state index is 6.72. The Balaban J connectivity index is 1.30. The summed E-state index contributed by atoms with van der Waals surface area (Å²) in [5.41, 5.74) is 3.45. The molecule has 1 unspecified atom stereocenters. The van der Waals surface area contributed by atoms with Crippen LogP contribution < -0.4 is 46.3 Å². The maximum Gasteiger partial charge on any atom is 0.184 e. The van der Waals surface area contributed by atoms with Gasteiger partial charge in [-0.25, -0.2) is 0 Å². The van der Waals surface area contributed by atoms with E-state index in [2.05, 4.69) is 181 Å². The quantitative estimate of drug-likeness (QED) is 0.155. The molecule has 0 aliphatic carbocycles. The first-order valence-electron chi connectivity index (χ1n) is 15.9. The number of benzene rings is 7. The van der Waals surface area contributed by atoms with Gasteiger partial charge in [0.2, 0.25) is 0 Å². The first-order chi connectivity index (χ1) is 23.2. The number of hydrogen-bond acceptors (Lipinski definition) is 3. The predicted molar refractivity (Wildman–Crippen MR) is 204 cm³/mol. The Kier molecular flexibility index (Phi) is 6.65. The van der Waals surface area contributed by atoms with Crippen molar-refractivity contribution >= 4 is 79.6 Å². The van der Waals surface area contributed by atoms with Gasteiger partial charge in [-0.1, -0.05) is 151 Å². The molecule has 224 valence electrons. The molecule has 0 N–H and O–H groups in total. The molecule has 47 heavy (non-hydrogen) atoms. The van der Waals surface area contributed by atoms with E-state index in [-0.39, 0.29) is 0 Å². The molecule has 5 heteroatoms. The van der Waals surface area contributed by atoms with Crippen LogP contribution in [0, 0.1) is 0 Å². The molecule has 0 amide bonds. The highest BCUT2D eigenvalue weighted by atomic mass is 32.4. The second-order valence-corrected chi connectivity index (χ2v) is 20.1. The predicted octanol–water partition coefficient (Wildman–Crippen LogP) is 6.71. The Bertz CT molecular complexity index is 2240. The van der Waals surface area contributed by atoms with E-state index in [9.17, 15) is 0 Å². The topological polar surface area (TPSA) is 12.5 Å². The molecule has 0 spiro atoms. The van der Waals surface area contributed by atoms with Gasteiger partial charge in [-0.2, -0.15) is 0 Å². The van der Waals surface area contributed by atoms with Crippen LogP contribution in [0.15, 0.2) is 182 Å². The Morgan fingerprint density at radius 2 is 0.957 bits per heavy atom. The molecule has 1 atom stereocenters. The number of para-hydroxylation sites is 3. The highest BCUT2D eigenvalue weighted by Gasteiger charge is 2.48. The minimum Gasteiger partial charge on any atom is -0.456 e. The third-order valence-electron chi connectivity index (χ3n) is 9.60. The van der Waals surface area contributed by atoms with E-state index < -0.39 is 14.1 Å². The molecule has 2 aliphatic heterocycles. The van der Waals surface area contributed by atoms with Gasteiger partial charge in [0.15, 0.2) is 8.07 Å². The maximum absolute atomic E-state index is 6.72. The molecule has 0 aromatic heterocycles. The Labute approximate surface area is 281 Å². The minimum atomic E-state index is -2.68. The van der Waals surface area contributed by atoms with Gasteiger partial charge >= 0.3 is 0 Å². The molecule has 2 nitrogen and oxygen atoms in total. The number of hydrogen-bond donors (Lipinski definition) is 0. The van der Waals surface area contributed by atoms with E-state index in [4.69, 9.17) is 16.5 Å². The van der Waals surface area contributed by atoms with E-state index in [1.165, 1.54) is 37.4 Å². The number of nitrogens with zero attached hydrogens (tertiary/aromatic N) is 1. The summed E-state index contributed by atoms with van der Waals surface area (Å²) in [6.07, 6.45) is 0. The molecule has 0 saturated heterocycles. The lowest BCUT2D eigenvalue weighted by atomic mass is 10.1. The Morgan fingerprint density at radius 1 is 0.468 bits per heavy atom. The van der Waals surface area contributed by atoms with Crippen molar-refractivity contribution in [1.29, 1.82) is 0 Å². The first-order valence-corrected chi connectivity index (χ1v) is 20.7. The molecule has 0 bridgehead atoms. The Hall–Kier alpha value is -4.99. The fraction of sp³-hybridized carbons (Fsp3) is 0. The lowest BCUT2D eigenvalue weighted by Crippen LogP contribution is -2.77. The summed E-state index contributed by atoms with van der Waals surface area (Å²) in [6, 6.07) is 63.5. The van der Waals surface area contributed by atoms with E-state index in [0.717, 1.165) is 27.8 Å². The van der Waals surface area contributed by atoms with Gasteiger partial charge in [0.05, 0.1) is 0 Å². The van der Waals surface area contributed by atoms with Crippen molar-refractivity contribution in [3.8, 4) is 11.5 Å². The standard InChI is InChI=1S/C42H30NOPSSi/c46-45(32-16-4-1-5-17-32)39-25-13-12-24-37(39)44-38-30-31(28-29-40(38)45)43-35-22-10-14-26-41(35)47(33-18-6-2-7-19-33,34-20-8-3-9-21-34)42-27-15-11-23-36(42)43/h1-30H. The number of ether oxygens (including phenoxy) is 1. The van der Waals surface area contributed by atoms with Gasteiger partial charge in [0.1, 0.15) is 11.5 Å². The van der Waals surface area contributed by atoms with E-state index in [0.29, 0.717) is 0 Å². The van der Waals surface area contributed by atoms with Gasteiger partial charge in [-0.15, -0.1) is 0 Å². The van der Waals surface area contributed by atoms with Crippen molar-refractivity contribution in [2.24, 2.45) is 0 Å². The molecule has 7 aromatic rings. The summed E-state index contributed by atoms with van der Waals surface area (Å²) < 4.78 is 6.72. The number of fused-ring (bicyclic) bond motifs is 4. The van der Waals surface area contributed by atoms with Crippen LogP contribution in [0.5, 0.6) is 11.5 Å². The van der Waals surface area contributed by atoms with Crippen LogP contribution in [-0.4, -0.2) is 8.07 Å². The fourth-order valence-corrected chi connectivity index (χ4v) is 16.9. The summed E-state index contributed by atoms with van der Waals surface area (Å²) in [6.45, 7) is 0. The Morgan fingerprint density at radius 3 is 1.57 bits per heavy atom. The number of anilines is 3. The molecule has 7 aromatic carbocycles. The lowest BCUT2D eigenvalue weighted by molar-refractivity contribution is 0.488. The van der Waals surface area contributed by atoms with Gasteiger partial charge < -0.3 is 9.64 Å². The zero-order chi connectivity index (χ0) is 31.4. The fourth-order valence-electron chi connectivity index (χ4n) is 7.64. The highest BCUT2D eigenvalue weighted by Crippen LogP contribution is 2.53. The van der Waals surface area contributed by atoms with Gasteiger partial charge in [-0.05, 0) is 62.4 Å². The van der Waals surface area contributed by atoms with Crippen molar-refractivity contribution in [2.75, 3.05) is 4.90 Å². The SMILES string of the molecule is S=P1(c2ccccc2)c2ccccc2Oc2cc(N3c4ccccc4[Si](c4ccccc4)(c4ccccc4)c4ccccc43)ccc21. The molecule has 0 saturated carbocycles. The minimum absolute atomic E-state index is 0.837. The first kappa shape index (κ1) is 28.2. The molecule has 2 heterocycles. The summed E-state index contributed by atoms with van der Waals surface area (Å²) in [5, 5.41) is 8.87. The molecule has 9 rings (SSSR count). The second-order valence-electron chi connectivity index (χ2n) is 12.0. The van der Waals surface area contributed by atoms with E-state index in [1.807, 2.05) is 6.07 Å². The average molecular weight is 656 g/mol. The van der Waals surface area contributed by atoms with Gasteiger partial charge in [0.25, 0.3) is 0 Å². The van der Waals surface area contributed by atoms with Crippen molar-refractivity contribution in [2.45, 2.75) is 0 Å². The van der Waals surface area contributed by atoms with Crippen LogP contribution in [0.3, 0.4) is 0 Å². The smallest absolute Gasteiger partial charge is 0.184 e. The van der Waals surface area contributed by atoms with Gasteiger partial charge in [0, 0.05) is 39.8 Å². The highest BCUT2D eigenvalue weighted by molar-refractivity contribution is 8.25. The zero-order valence-corrected chi connectivity index (χ0v) is 28.2. The van der Waals surface area contributed by atoms with Crippen LogP contribution in [0.1, 0.15) is 0 Å². The van der Waals surface area contributed by atoms with Crippen LogP contribution >= 0.6 is 6.04 Å². The van der Waals surface area contributed by atoms with Gasteiger partial charge in [-0.3, -0.25) is 0 Å². The van der Waals surface area contributed by atoms with Crippen LogP contribution in [-0.2, 0) is 11.8 Å². The van der Waals surface area contributed by atoms with Crippen LogP contribution in [0.4, 0.5) is 17.1 Å². The van der Waals surface area contributed by atoms with Crippen LogP contribution in [0.25, 0.3) is 0 Å². The molecule has 0 radical (unpaired) electrons. The molecule has 0 fully saturated rings. The summed E-state index contributed by atoms with van der Waals surface area (Å²) in [4.78, 5) is 2.43. The summed E-state index contributed by atoms with van der Waals surface area (Å²) >= 11 is 6.72. The van der Waals surface area contributed by atoms with E-state index in [1.54, 1.807) is 0 Å². The van der Waals surface area contributed by atoms with Crippen LogP contribution in [0.2, 0.25) is 0 Å². The molecular formula is C42H30NOPSSi. The molecular weight excluding hydrogens is 626 g/mol. The third kappa shape index (κ3) is 4.12. The average Bonchev–Trinajstić information content (AvgIpc) is 3.15. The normalized spacial score (nSPS) is 17.0. The monoisotopic (exact) mass is 655 g/mol. The lowest BCUT2D eigenvalue weighted by Gasteiger charge is -2.45. The van der Waals surface area contributed by atoms with Crippen molar-refractivity contribution in [3.05, 3.63) is 182 Å². The van der Waals surface area contributed by atoms with Crippen molar-refractivity contribution < 1.29 is 4.74 Å². The largest absolute Gasteiger partial charge is 0.456 e. The number of rotatable bonds is 4. The van der Waals surface area contributed by atoms with Crippen molar-refractivity contribution in [1.82, 2.24) is 0 Å². The summed E-state index contributed by atoms with van der Waals surface area (Å²) in [5.74, 6) is 1.69. The zero-order valence-electron chi connectivity index (χ0n) is 25.5.